The van der Waals surface area contributed by atoms with Gasteiger partial charge < -0.3 is 4.42 Å². The lowest BCUT2D eigenvalue weighted by Gasteiger charge is -2.20. The number of amides is 1. The summed E-state index contributed by atoms with van der Waals surface area (Å²) in [6, 6.07) is 1.76. The molecule has 0 unspecified atom stereocenters. The van der Waals surface area contributed by atoms with Crippen molar-refractivity contribution < 1.29 is 9.21 Å². The number of rotatable bonds is 9. The third-order valence-corrected chi connectivity index (χ3v) is 3.08. The Hall–Kier alpha value is -1.33. The van der Waals surface area contributed by atoms with Crippen LogP contribution in [0.15, 0.2) is 16.7 Å². The Bertz CT molecular complexity index is 369. The second-order valence-corrected chi connectivity index (χ2v) is 4.76. The van der Waals surface area contributed by atoms with Gasteiger partial charge in [-0.05, 0) is 32.0 Å². The molecule has 108 valence electrons. The third-order valence-electron chi connectivity index (χ3n) is 3.08. The monoisotopic (exact) mass is 267 g/mol. The third kappa shape index (κ3) is 5.44. The second kappa shape index (κ2) is 8.72. The van der Waals surface area contributed by atoms with Crippen LogP contribution in [0.4, 0.5) is 0 Å². The van der Waals surface area contributed by atoms with E-state index in [9.17, 15) is 4.79 Å². The van der Waals surface area contributed by atoms with Crippen LogP contribution in [0, 0.1) is 0 Å². The Kier molecular flexibility index (Phi) is 7.22. The standard InChI is InChI=1S/C14H25N3O2/c1-3-5-7-17(8-6-4-2)10-13-9-12(11-19-13)14(18)16-15/h9,11H,3-8,10,15H2,1-2H3,(H,16,18). The van der Waals surface area contributed by atoms with Crippen LogP contribution in [0.2, 0.25) is 0 Å². The minimum absolute atomic E-state index is 0.316. The highest BCUT2D eigenvalue weighted by Gasteiger charge is 2.12. The van der Waals surface area contributed by atoms with Crippen LogP contribution in [-0.2, 0) is 6.54 Å². The predicted octanol–water partition coefficient (Wildman–Crippen LogP) is 2.29. The highest BCUT2D eigenvalue weighted by molar-refractivity contribution is 5.93. The molecular formula is C14H25N3O2. The lowest BCUT2D eigenvalue weighted by atomic mass is 10.2. The van der Waals surface area contributed by atoms with E-state index in [-0.39, 0.29) is 5.91 Å². The molecule has 3 N–H and O–H groups in total. The Morgan fingerprint density at radius 2 is 1.95 bits per heavy atom. The van der Waals surface area contributed by atoms with Crippen LogP contribution < -0.4 is 11.3 Å². The van der Waals surface area contributed by atoms with Gasteiger partial charge >= 0.3 is 0 Å². The molecule has 0 atom stereocenters. The minimum Gasteiger partial charge on any atom is -0.467 e. The zero-order valence-electron chi connectivity index (χ0n) is 11.9. The van der Waals surface area contributed by atoms with Crippen molar-refractivity contribution in [1.82, 2.24) is 10.3 Å². The Morgan fingerprint density at radius 3 is 2.47 bits per heavy atom. The van der Waals surface area contributed by atoms with Gasteiger partial charge in [0, 0.05) is 0 Å². The Balaban J connectivity index is 2.56. The van der Waals surface area contributed by atoms with Gasteiger partial charge in [-0.25, -0.2) is 5.84 Å². The van der Waals surface area contributed by atoms with Gasteiger partial charge in [0.05, 0.1) is 12.1 Å². The Labute approximate surface area is 115 Å². The number of carbonyl (C=O) groups excluding carboxylic acids is 1. The lowest BCUT2D eigenvalue weighted by molar-refractivity contribution is 0.0953. The minimum atomic E-state index is -0.316. The van der Waals surface area contributed by atoms with Crippen molar-refractivity contribution in [3.8, 4) is 0 Å². The molecule has 1 heterocycles. The number of nitrogens with one attached hydrogen (secondary N) is 1. The maximum absolute atomic E-state index is 11.3. The SMILES string of the molecule is CCCCN(CCCC)Cc1cc(C(=O)NN)co1. The summed E-state index contributed by atoms with van der Waals surface area (Å²) in [6.07, 6.45) is 6.18. The van der Waals surface area contributed by atoms with Crippen LogP contribution in [0.5, 0.6) is 0 Å². The fourth-order valence-corrected chi connectivity index (χ4v) is 1.92. The molecule has 0 bridgehead atoms. The van der Waals surface area contributed by atoms with Crippen molar-refractivity contribution in [3.63, 3.8) is 0 Å². The van der Waals surface area contributed by atoms with Gasteiger partial charge in [-0.1, -0.05) is 26.7 Å². The van der Waals surface area contributed by atoms with E-state index in [0.717, 1.165) is 25.4 Å². The maximum Gasteiger partial charge on any atom is 0.268 e. The van der Waals surface area contributed by atoms with E-state index in [4.69, 9.17) is 10.3 Å². The molecule has 0 aromatic carbocycles. The normalized spacial score (nSPS) is 10.9. The summed E-state index contributed by atoms with van der Waals surface area (Å²) >= 11 is 0. The molecule has 0 fully saturated rings. The van der Waals surface area contributed by atoms with Crippen molar-refractivity contribution in [3.05, 3.63) is 23.7 Å². The van der Waals surface area contributed by atoms with Crippen LogP contribution in [0.25, 0.3) is 0 Å². The fraction of sp³-hybridized carbons (Fsp3) is 0.643. The summed E-state index contributed by atoms with van der Waals surface area (Å²) in [4.78, 5) is 13.7. The van der Waals surface area contributed by atoms with Crippen molar-refractivity contribution >= 4 is 5.91 Å². The van der Waals surface area contributed by atoms with Crippen LogP contribution in [-0.4, -0.2) is 23.9 Å². The number of nitrogens with zero attached hydrogens (tertiary/aromatic N) is 1. The molecule has 1 aromatic rings. The van der Waals surface area contributed by atoms with E-state index < -0.39 is 0 Å². The summed E-state index contributed by atoms with van der Waals surface area (Å²) in [6.45, 7) is 7.26. The van der Waals surface area contributed by atoms with E-state index >= 15 is 0 Å². The van der Waals surface area contributed by atoms with E-state index in [0.29, 0.717) is 5.56 Å². The van der Waals surface area contributed by atoms with E-state index in [2.05, 4.69) is 24.2 Å². The van der Waals surface area contributed by atoms with Crippen LogP contribution in [0.1, 0.15) is 55.6 Å². The van der Waals surface area contributed by atoms with Gasteiger partial charge in [0.1, 0.15) is 12.0 Å². The van der Waals surface area contributed by atoms with Crippen LogP contribution in [0.3, 0.4) is 0 Å². The maximum atomic E-state index is 11.3. The van der Waals surface area contributed by atoms with Crippen LogP contribution >= 0.6 is 0 Å². The molecule has 0 spiro atoms. The number of furan rings is 1. The molecule has 1 rings (SSSR count). The molecule has 0 radical (unpaired) electrons. The highest BCUT2D eigenvalue weighted by atomic mass is 16.3. The summed E-state index contributed by atoms with van der Waals surface area (Å²) < 4.78 is 5.42. The first-order valence-electron chi connectivity index (χ1n) is 7.02. The molecule has 5 heteroatoms. The molecule has 0 aliphatic heterocycles. The van der Waals surface area contributed by atoms with E-state index in [1.807, 2.05) is 0 Å². The zero-order valence-corrected chi connectivity index (χ0v) is 11.9. The molecule has 0 aliphatic carbocycles. The zero-order chi connectivity index (χ0) is 14.1. The average molecular weight is 267 g/mol. The second-order valence-electron chi connectivity index (χ2n) is 4.76. The number of hydrazine groups is 1. The molecule has 19 heavy (non-hydrogen) atoms. The number of unbranched alkanes of at least 4 members (excludes halogenated alkanes) is 2. The quantitative estimate of drug-likeness (QED) is 0.409. The van der Waals surface area contributed by atoms with Gasteiger partial charge in [0.2, 0.25) is 0 Å². The first-order valence-corrected chi connectivity index (χ1v) is 7.02. The number of nitrogens with two attached hydrogens (primary N) is 1. The number of nitrogen functional groups attached to an aromatic ring is 1. The molecule has 5 nitrogen and oxygen atoms in total. The smallest absolute Gasteiger partial charge is 0.268 e. The predicted molar refractivity (Wildman–Crippen MR) is 75.5 cm³/mol. The molecule has 0 saturated carbocycles. The first kappa shape index (κ1) is 15.7. The summed E-state index contributed by atoms with van der Waals surface area (Å²) in [7, 11) is 0. The highest BCUT2D eigenvalue weighted by Crippen LogP contribution is 2.12. The number of hydrogen-bond acceptors (Lipinski definition) is 4. The molecule has 0 saturated heterocycles. The molecule has 1 aromatic heterocycles. The summed E-state index contributed by atoms with van der Waals surface area (Å²) in [5.41, 5.74) is 2.58. The van der Waals surface area contributed by atoms with Gasteiger partial charge in [-0.15, -0.1) is 0 Å². The van der Waals surface area contributed by atoms with Gasteiger partial charge in [-0.3, -0.25) is 15.1 Å². The first-order chi connectivity index (χ1) is 9.21. The Morgan fingerprint density at radius 1 is 1.32 bits per heavy atom. The largest absolute Gasteiger partial charge is 0.467 e. The summed E-state index contributed by atoms with van der Waals surface area (Å²) in [5.74, 6) is 5.59. The fourth-order valence-electron chi connectivity index (χ4n) is 1.92. The molecule has 1 amide bonds. The van der Waals surface area contributed by atoms with E-state index in [1.54, 1.807) is 6.07 Å². The van der Waals surface area contributed by atoms with Gasteiger partial charge in [0.15, 0.2) is 0 Å². The van der Waals surface area contributed by atoms with Gasteiger partial charge in [-0.2, -0.15) is 0 Å². The van der Waals surface area contributed by atoms with Crippen molar-refractivity contribution in [2.45, 2.75) is 46.1 Å². The summed E-state index contributed by atoms with van der Waals surface area (Å²) in [5, 5.41) is 0. The van der Waals surface area contributed by atoms with E-state index in [1.165, 1.54) is 31.9 Å². The van der Waals surface area contributed by atoms with Crippen molar-refractivity contribution in [2.75, 3.05) is 13.1 Å². The van der Waals surface area contributed by atoms with Crippen molar-refractivity contribution in [1.29, 1.82) is 0 Å². The molecular weight excluding hydrogens is 242 g/mol. The number of hydrogen-bond donors (Lipinski definition) is 2. The number of carbonyl (C=O) groups is 1. The van der Waals surface area contributed by atoms with Crippen molar-refractivity contribution in [2.24, 2.45) is 5.84 Å². The average Bonchev–Trinajstić information content (AvgIpc) is 2.89. The molecule has 0 aliphatic rings. The topological polar surface area (TPSA) is 71.5 Å². The van der Waals surface area contributed by atoms with Gasteiger partial charge in [0.25, 0.3) is 5.91 Å². The lowest BCUT2D eigenvalue weighted by Crippen LogP contribution is -2.29.